The van der Waals surface area contributed by atoms with Gasteiger partial charge in [-0.25, -0.2) is 4.79 Å². The molecule has 2 aliphatic rings. The van der Waals surface area contributed by atoms with Crippen LogP contribution >= 0.6 is 0 Å². The van der Waals surface area contributed by atoms with Gasteiger partial charge >= 0.3 is 6.09 Å². The normalized spacial score (nSPS) is 17.7. The van der Waals surface area contributed by atoms with Crippen molar-refractivity contribution in [3.63, 3.8) is 0 Å². The van der Waals surface area contributed by atoms with Gasteiger partial charge in [-0.2, -0.15) is 0 Å². The Kier molecular flexibility index (Phi) is 9.78. The van der Waals surface area contributed by atoms with Crippen LogP contribution in [-0.4, -0.2) is 52.4 Å². The van der Waals surface area contributed by atoms with Crippen molar-refractivity contribution in [3.8, 4) is 12.3 Å². The van der Waals surface area contributed by atoms with Gasteiger partial charge in [0.15, 0.2) is 0 Å². The highest BCUT2D eigenvalue weighted by molar-refractivity contribution is 5.95. The minimum atomic E-state index is -1.30. The smallest absolute Gasteiger partial charge is 0.408 e. The molecular weight excluding hydrogens is 484 g/mol. The molecule has 206 valence electrons. The first-order chi connectivity index (χ1) is 18.0. The maximum absolute atomic E-state index is 14.1. The van der Waals surface area contributed by atoms with E-state index in [2.05, 4.69) is 16.6 Å². The summed E-state index contributed by atoms with van der Waals surface area (Å²) in [6, 6.07) is 4.47. The number of amides is 4. The van der Waals surface area contributed by atoms with Gasteiger partial charge in [0, 0.05) is 17.6 Å². The second kappa shape index (κ2) is 12.8. The third kappa shape index (κ3) is 7.73. The molecule has 0 saturated heterocycles. The molecule has 1 aromatic rings. The van der Waals surface area contributed by atoms with Crippen molar-refractivity contribution in [2.45, 2.75) is 108 Å². The Labute approximate surface area is 225 Å². The van der Waals surface area contributed by atoms with Crippen molar-refractivity contribution in [2.75, 3.05) is 0 Å². The highest BCUT2D eigenvalue weighted by Crippen LogP contribution is 2.35. The molecule has 0 bridgehead atoms. The van der Waals surface area contributed by atoms with Crippen LogP contribution in [0, 0.1) is 12.3 Å². The average molecular weight is 525 g/mol. The molecule has 0 aliphatic heterocycles. The van der Waals surface area contributed by atoms with E-state index in [-0.39, 0.29) is 18.0 Å². The van der Waals surface area contributed by atoms with Crippen LogP contribution in [0.4, 0.5) is 4.79 Å². The first-order valence-corrected chi connectivity index (χ1v) is 13.5. The Morgan fingerprint density at radius 1 is 1.08 bits per heavy atom. The number of hydrogen-bond donors (Lipinski definition) is 3. The van der Waals surface area contributed by atoms with E-state index >= 15 is 0 Å². The van der Waals surface area contributed by atoms with E-state index in [9.17, 15) is 19.2 Å². The summed E-state index contributed by atoms with van der Waals surface area (Å²) in [7, 11) is 0. The number of nitrogens with two attached hydrogens (primary N) is 1. The Bertz CT molecular complexity index is 1060. The number of benzene rings is 1. The van der Waals surface area contributed by atoms with Crippen molar-refractivity contribution in [3.05, 3.63) is 35.4 Å². The second-order valence-corrected chi connectivity index (χ2v) is 11.2. The van der Waals surface area contributed by atoms with E-state index in [1.165, 1.54) is 4.90 Å². The highest BCUT2D eigenvalue weighted by Gasteiger charge is 2.43. The van der Waals surface area contributed by atoms with E-state index in [0.717, 1.165) is 38.5 Å². The minimum absolute atomic E-state index is 0.0106. The van der Waals surface area contributed by atoms with Crippen LogP contribution in [0.1, 0.15) is 95.7 Å². The van der Waals surface area contributed by atoms with Gasteiger partial charge < -0.3 is 26.0 Å². The fourth-order valence-electron chi connectivity index (χ4n) is 5.03. The first-order valence-electron chi connectivity index (χ1n) is 13.5. The van der Waals surface area contributed by atoms with Crippen molar-refractivity contribution < 1.29 is 23.9 Å². The minimum Gasteiger partial charge on any atom is -0.444 e. The SMILES string of the molecule is C#Cc1ccccc1C(C(=O)NC1CCCCC1)N(C(=O)C(CC(N)=O)NC(=O)OC(C)(C)C)C1CCC1. The summed E-state index contributed by atoms with van der Waals surface area (Å²) in [6.07, 6.45) is 11.7. The molecule has 0 spiro atoms. The Hall–Kier alpha value is -3.54. The van der Waals surface area contributed by atoms with E-state index in [1.54, 1.807) is 45.0 Å². The third-order valence-corrected chi connectivity index (χ3v) is 7.01. The number of rotatable bonds is 9. The van der Waals surface area contributed by atoms with Crippen LogP contribution < -0.4 is 16.4 Å². The van der Waals surface area contributed by atoms with Crippen LogP contribution in [0.5, 0.6) is 0 Å². The molecule has 2 aliphatic carbocycles. The van der Waals surface area contributed by atoms with Gasteiger partial charge in [0.05, 0.1) is 6.42 Å². The van der Waals surface area contributed by atoms with Crippen molar-refractivity contribution in [2.24, 2.45) is 5.73 Å². The zero-order valence-corrected chi connectivity index (χ0v) is 22.6. The third-order valence-electron chi connectivity index (χ3n) is 7.01. The summed E-state index contributed by atoms with van der Waals surface area (Å²) in [5.74, 6) is 0.979. The van der Waals surface area contributed by atoms with Gasteiger partial charge in [-0.15, -0.1) is 6.42 Å². The van der Waals surface area contributed by atoms with Crippen LogP contribution in [0.2, 0.25) is 0 Å². The maximum Gasteiger partial charge on any atom is 0.408 e. The summed E-state index contributed by atoms with van der Waals surface area (Å²) >= 11 is 0. The largest absolute Gasteiger partial charge is 0.444 e. The quantitative estimate of drug-likeness (QED) is 0.427. The number of carbonyl (C=O) groups excluding carboxylic acids is 4. The Morgan fingerprint density at radius 2 is 1.74 bits per heavy atom. The number of nitrogens with zero attached hydrogens (tertiary/aromatic N) is 1. The van der Waals surface area contributed by atoms with E-state index in [0.29, 0.717) is 24.0 Å². The van der Waals surface area contributed by atoms with E-state index < -0.39 is 42.0 Å². The van der Waals surface area contributed by atoms with Crippen molar-refractivity contribution in [1.82, 2.24) is 15.5 Å². The molecule has 2 unspecified atom stereocenters. The lowest BCUT2D eigenvalue weighted by Crippen LogP contribution is -2.58. The van der Waals surface area contributed by atoms with Crippen molar-refractivity contribution in [1.29, 1.82) is 0 Å². The van der Waals surface area contributed by atoms with Gasteiger partial charge in [-0.1, -0.05) is 43.4 Å². The molecule has 1 aromatic carbocycles. The zero-order chi connectivity index (χ0) is 27.9. The van der Waals surface area contributed by atoms with Gasteiger partial charge in [0.1, 0.15) is 17.7 Å². The number of ether oxygens (including phenoxy) is 1. The van der Waals surface area contributed by atoms with Crippen LogP contribution in [0.15, 0.2) is 24.3 Å². The van der Waals surface area contributed by atoms with E-state index in [1.807, 2.05) is 0 Å². The molecule has 9 nitrogen and oxygen atoms in total. The number of carbonyl (C=O) groups is 4. The Balaban J connectivity index is 2.01. The summed E-state index contributed by atoms with van der Waals surface area (Å²) in [4.78, 5) is 54.1. The monoisotopic (exact) mass is 524 g/mol. The number of hydrogen-bond acceptors (Lipinski definition) is 5. The van der Waals surface area contributed by atoms with Crippen molar-refractivity contribution >= 4 is 23.8 Å². The van der Waals surface area contributed by atoms with Crippen LogP contribution in [-0.2, 0) is 19.1 Å². The summed E-state index contributed by atoms with van der Waals surface area (Å²) in [5.41, 5.74) is 5.68. The lowest BCUT2D eigenvalue weighted by Gasteiger charge is -2.44. The lowest BCUT2D eigenvalue weighted by molar-refractivity contribution is -0.148. The zero-order valence-electron chi connectivity index (χ0n) is 22.6. The molecule has 4 amide bonds. The second-order valence-electron chi connectivity index (χ2n) is 11.2. The number of primary amides is 1. The molecule has 0 aromatic heterocycles. The lowest BCUT2D eigenvalue weighted by atomic mass is 9.86. The molecule has 2 saturated carbocycles. The van der Waals surface area contributed by atoms with Gasteiger partial charge in [0.2, 0.25) is 17.7 Å². The molecular formula is C29H40N4O5. The van der Waals surface area contributed by atoms with Gasteiger partial charge in [0.25, 0.3) is 0 Å². The number of terminal acetylenes is 1. The van der Waals surface area contributed by atoms with Crippen LogP contribution in [0.3, 0.4) is 0 Å². The average Bonchev–Trinajstić information content (AvgIpc) is 2.81. The van der Waals surface area contributed by atoms with E-state index in [4.69, 9.17) is 16.9 Å². The molecule has 0 radical (unpaired) electrons. The molecule has 38 heavy (non-hydrogen) atoms. The molecule has 2 atom stereocenters. The summed E-state index contributed by atoms with van der Waals surface area (Å²) < 4.78 is 5.33. The fourth-order valence-corrected chi connectivity index (χ4v) is 5.03. The molecule has 2 fully saturated rings. The van der Waals surface area contributed by atoms with Gasteiger partial charge in [-0.3, -0.25) is 14.4 Å². The predicted octanol–water partition coefficient (Wildman–Crippen LogP) is 3.31. The first kappa shape index (κ1) is 29.0. The number of nitrogens with one attached hydrogen (secondary N) is 2. The molecule has 0 heterocycles. The number of alkyl carbamates (subject to hydrolysis) is 1. The van der Waals surface area contributed by atoms with Gasteiger partial charge in [-0.05, 0) is 64.5 Å². The summed E-state index contributed by atoms with van der Waals surface area (Å²) in [6.45, 7) is 5.08. The Morgan fingerprint density at radius 3 is 2.29 bits per heavy atom. The standard InChI is InChI=1S/C29H40N4O5/c1-5-19-12-9-10-17-22(19)25(26(35)31-20-13-7-6-8-14-20)33(21-15-11-16-21)27(36)23(18-24(30)34)32-28(37)38-29(2,3)4/h1,9-10,12,17,20-21,23,25H,6-8,11,13-16,18H2,2-4H3,(H2,30,34)(H,31,35)(H,32,37). The highest BCUT2D eigenvalue weighted by atomic mass is 16.6. The van der Waals surface area contributed by atoms with Crippen LogP contribution in [0.25, 0.3) is 0 Å². The summed E-state index contributed by atoms with van der Waals surface area (Å²) in [5, 5.41) is 5.67. The molecule has 9 heteroatoms. The topological polar surface area (TPSA) is 131 Å². The maximum atomic E-state index is 14.1. The predicted molar refractivity (Wildman–Crippen MR) is 144 cm³/mol. The fraction of sp³-hybridized carbons (Fsp3) is 0.586. The molecule has 4 N–H and O–H groups in total. The molecule has 3 rings (SSSR count).